The lowest BCUT2D eigenvalue weighted by atomic mass is 9.81. The first-order valence-electron chi connectivity index (χ1n) is 17.3. The quantitative estimate of drug-likeness (QED) is 0.202. The van der Waals surface area contributed by atoms with Gasteiger partial charge in [0, 0.05) is 82.2 Å². The van der Waals surface area contributed by atoms with E-state index in [1.54, 1.807) is 41.0 Å². The summed E-state index contributed by atoms with van der Waals surface area (Å²) in [5.41, 5.74) is 5.69. The average molecular weight is 710 g/mol. The van der Waals surface area contributed by atoms with Crippen molar-refractivity contribution in [1.29, 1.82) is 5.26 Å². The molecule has 264 valence electrons. The summed E-state index contributed by atoms with van der Waals surface area (Å²) in [4.78, 5) is 50.0. The maximum absolute atomic E-state index is 13.6. The summed E-state index contributed by atoms with van der Waals surface area (Å²) in [5.74, 6) is -0.736. The lowest BCUT2D eigenvalue weighted by molar-refractivity contribution is -0.143. The number of aromatic nitrogens is 4. The third-order valence-corrected chi connectivity index (χ3v) is 10.9. The minimum atomic E-state index is -0.692. The molecule has 1 saturated carbocycles. The zero-order valence-corrected chi connectivity index (χ0v) is 29.4. The van der Waals surface area contributed by atoms with Crippen molar-refractivity contribution >= 4 is 40.8 Å². The zero-order valence-electron chi connectivity index (χ0n) is 28.6. The van der Waals surface area contributed by atoms with Gasteiger partial charge >= 0.3 is 5.97 Å². The van der Waals surface area contributed by atoms with E-state index in [9.17, 15) is 24.8 Å². The highest BCUT2D eigenvalue weighted by Gasteiger charge is 2.31. The van der Waals surface area contributed by atoms with Crippen LogP contribution >= 0.6 is 11.6 Å². The maximum atomic E-state index is 13.6. The van der Waals surface area contributed by atoms with Crippen LogP contribution in [0.5, 0.6) is 0 Å². The lowest BCUT2D eigenvalue weighted by Gasteiger charge is -2.33. The Morgan fingerprint density at radius 1 is 0.922 bits per heavy atom. The van der Waals surface area contributed by atoms with Crippen LogP contribution in [-0.4, -0.2) is 66.5 Å². The molecule has 4 heterocycles. The molecule has 0 spiro atoms. The van der Waals surface area contributed by atoms with E-state index in [1.807, 2.05) is 18.7 Å². The van der Waals surface area contributed by atoms with E-state index in [4.69, 9.17) is 16.6 Å². The molecule has 51 heavy (non-hydrogen) atoms. The third kappa shape index (κ3) is 6.74. The Balaban J connectivity index is 1.06. The van der Waals surface area contributed by atoms with Gasteiger partial charge in [-0.15, -0.1) is 0 Å². The number of anilines is 2. The van der Waals surface area contributed by atoms with Crippen molar-refractivity contribution in [3.8, 4) is 17.2 Å². The SMILES string of the molecule is Cn1c(C(=O)Nc2cccc(-c3cccc(NC(=O)c4nc5c(n4C)CCNC5)c3C#N)c2Cl)nc2c1CCN(CC1CCC(C(=O)O)CC1)C2. The number of nitrogens with one attached hydrogen (secondary N) is 3. The van der Waals surface area contributed by atoms with Crippen molar-refractivity contribution in [2.24, 2.45) is 25.9 Å². The molecule has 0 saturated heterocycles. The van der Waals surface area contributed by atoms with Gasteiger partial charge in [0.2, 0.25) is 0 Å². The normalized spacial score (nSPS) is 18.7. The number of fused-ring (bicyclic) bond motifs is 2. The Labute approximate surface area is 300 Å². The fourth-order valence-corrected chi connectivity index (χ4v) is 8.03. The number of rotatable bonds is 8. The number of nitriles is 1. The fraction of sp³-hybridized carbons (Fsp3) is 0.405. The van der Waals surface area contributed by atoms with E-state index >= 15 is 0 Å². The van der Waals surface area contributed by atoms with Crippen LogP contribution in [0.1, 0.15) is 75.3 Å². The second kappa shape index (κ2) is 14.3. The highest BCUT2D eigenvalue weighted by Crippen LogP contribution is 2.38. The van der Waals surface area contributed by atoms with Gasteiger partial charge in [-0.1, -0.05) is 35.9 Å². The average Bonchev–Trinajstić information content (AvgIpc) is 3.65. The molecule has 4 N–H and O–H groups in total. The van der Waals surface area contributed by atoms with E-state index < -0.39 is 17.8 Å². The van der Waals surface area contributed by atoms with E-state index in [0.717, 1.165) is 80.9 Å². The predicted octanol–water partition coefficient (Wildman–Crippen LogP) is 4.75. The molecular weight excluding hydrogens is 670 g/mol. The number of amides is 2. The number of nitrogens with zero attached hydrogens (tertiary/aromatic N) is 6. The minimum absolute atomic E-state index is 0.229. The topological polar surface area (TPSA) is 170 Å². The Morgan fingerprint density at radius 3 is 2.22 bits per heavy atom. The van der Waals surface area contributed by atoms with E-state index in [0.29, 0.717) is 41.5 Å². The van der Waals surface area contributed by atoms with Crippen molar-refractivity contribution in [2.75, 3.05) is 30.3 Å². The fourth-order valence-electron chi connectivity index (χ4n) is 7.75. The second-order valence-corrected chi connectivity index (χ2v) is 14.0. The van der Waals surface area contributed by atoms with Crippen LogP contribution < -0.4 is 16.0 Å². The standard InChI is InChI=1S/C37H40ClN9O4/c1-45-30-13-15-40-18-28(30)41-33(45)35(48)43-26-7-3-5-23(25(26)17-39)24-6-4-8-27(32(24)38)44-36(49)34-42-29-20-47(16-14-31(29)46(34)2)19-21-9-11-22(12-10-21)37(50)51/h3-8,21-22,40H,9-16,18-20H2,1-2H3,(H,43,48)(H,44,49)(H,50,51). The number of carbonyl (C=O) groups is 3. The Kier molecular flexibility index (Phi) is 9.65. The Bertz CT molecular complexity index is 2070. The van der Waals surface area contributed by atoms with Crippen LogP contribution in [0.2, 0.25) is 5.02 Å². The first kappa shape index (κ1) is 34.4. The van der Waals surface area contributed by atoms with Gasteiger partial charge in [0.1, 0.15) is 6.07 Å². The molecular formula is C37H40ClN9O4. The summed E-state index contributed by atoms with van der Waals surface area (Å²) in [5, 5.41) is 28.9. The van der Waals surface area contributed by atoms with Crippen LogP contribution in [0.25, 0.3) is 11.1 Å². The van der Waals surface area contributed by atoms with E-state index in [-0.39, 0.29) is 28.2 Å². The smallest absolute Gasteiger partial charge is 0.306 e. The molecule has 2 aliphatic heterocycles. The van der Waals surface area contributed by atoms with Gasteiger partial charge in [-0.2, -0.15) is 5.26 Å². The number of halogens is 1. The highest BCUT2D eigenvalue weighted by molar-refractivity contribution is 6.36. The van der Waals surface area contributed by atoms with Gasteiger partial charge in [0.25, 0.3) is 11.8 Å². The van der Waals surface area contributed by atoms with Crippen LogP contribution in [0.15, 0.2) is 36.4 Å². The van der Waals surface area contributed by atoms with Gasteiger partial charge in [-0.25, -0.2) is 9.97 Å². The molecule has 2 amide bonds. The van der Waals surface area contributed by atoms with Crippen molar-refractivity contribution in [1.82, 2.24) is 29.3 Å². The van der Waals surface area contributed by atoms with Crippen LogP contribution in [-0.2, 0) is 44.8 Å². The summed E-state index contributed by atoms with van der Waals surface area (Å²) in [6.07, 6.45) is 4.81. The van der Waals surface area contributed by atoms with Crippen molar-refractivity contribution < 1.29 is 19.5 Å². The molecule has 0 radical (unpaired) electrons. The van der Waals surface area contributed by atoms with Gasteiger partial charge in [-0.3, -0.25) is 19.3 Å². The number of carboxylic acid groups (broad SMARTS) is 1. The van der Waals surface area contributed by atoms with Gasteiger partial charge in [0.05, 0.1) is 39.3 Å². The number of hydrogen-bond donors (Lipinski definition) is 4. The van der Waals surface area contributed by atoms with Gasteiger partial charge < -0.3 is 30.2 Å². The Morgan fingerprint density at radius 2 is 1.55 bits per heavy atom. The molecule has 13 nitrogen and oxygen atoms in total. The number of hydrogen-bond acceptors (Lipinski definition) is 8. The van der Waals surface area contributed by atoms with Gasteiger partial charge in [-0.05, 0) is 43.7 Å². The molecule has 7 rings (SSSR count). The van der Waals surface area contributed by atoms with Crippen molar-refractivity contribution in [3.05, 3.63) is 81.4 Å². The summed E-state index contributed by atoms with van der Waals surface area (Å²) < 4.78 is 3.64. The maximum Gasteiger partial charge on any atom is 0.306 e. The number of carboxylic acids is 1. The summed E-state index contributed by atoms with van der Waals surface area (Å²) >= 11 is 6.92. The molecule has 0 bridgehead atoms. The first-order chi connectivity index (χ1) is 24.6. The molecule has 1 fully saturated rings. The number of carbonyl (C=O) groups excluding carboxylic acids is 2. The van der Waals surface area contributed by atoms with Crippen molar-refractivity contribution in [2.45, 2.75) is 51.6 Å². The molecule has 14 heteroatoms. The van der Waals surface area contributed by atoms with E-state index in [2.05, 4.69) is 31.9 Å². The molecule has 4 aromatic rings. The zero-order chi connectivity index (χ0) is 35.8. The minimum Gasteiger partial charge on any atom is -0.481 e. The molecule has 0 atom stereocenters. The summed E-state index contributed by atoms with van der Waals surface area (Å²) in [7, 11) is 3.67. The summed E-state index contributed by atoms with van der Waals surface area (Å²) in [6.45, 7) is 3.79. The Hall–Kier alpha value is -5.03. The van der Waals surface area contributed by atoms with Crippen molar-refractivity contribution in [3.63, 3.8) is 0 Å². The van der Waals surface area contributed by atoms with Gasteiger partial charge in [0.15, 0.2) is 11.6 Å². The van der Waals surface area contributed by atoms with Crippen LogP contribution in [0, 0.1) is 23.2 Å². The molecule has 1 aliphatic carbocycles. The molecule has 2 aromatic carbocycles. The summed E-state index contributed by atoms with van der Waals surface area (Å²) in [6, 6.07) is 12.6. The predicted molar refractivity (Wildman–Crippen MR) is 191 cm³/mol. The largest absolute Gasteiger partial charge is 0.481 e. The molecule has 0 unspecified atom stereocenters. The number of imidazole rings is 2. The van der Waals surface area contributed by atoms with Crippen LogP contribution in [0.4, 0.5) is 11.4 Å². The molecule has 2 aromatic heterocycles. The number of aliphatic carboxylic acids is 1. The van der Waals surface area contributed by atoms with E-state index in [1.165, 1.54) is 0 Å². The highest BCUT2D eigenvalue weighted by atomic mass is 35.5. The monoisotopic (exact) mass is 709 g/mol. The van der Waals surface area contributed by atoms with Crippen LogP contribution in [0.3, 0.4) is 0 Å². The lowest BCUT2D eigenvalue weighted by Crippen LogP contribution is -2.36. The number of benzene rings is 2. The molecule has 3 aliphatic rings. The third-order valence-electron chi connectivity index (χ3n) is 10.5. The second-order valence-electron chi connectivity index (χ2n) is 13.7. The first-order valence-corrected chi connectivity index (χ1v) is 17.7.